The molecule has 2 N–H and O–H groups in total. The molecule has 1 unspecified atom stereocenters. The fourth-order valence-electron chi connectivity index (χ4n) is 2.01. The summed E-state index contributed by atoms with van der Waals surface area (Å²) in [4.78, 5) is 2.36. The number of para-hydroxylation sites is 1. The molecule has 0 spiro atoms. The summed E-state index contributed by atoms with van der Waals surface area (Å²) >= 11 is 0. The van der Waals surface area contributed by atoms with E-state index in [1.54, 1.807) is 0 Å². The normalized spacial score (nSPS) is 12.5. The first-order valence-electron chi connectivity index (χ1n) is 6.31. The SMILES string of the molecule is CCN(CCC(CO)NC)c1ccccc1C. The molecular weight excluding hydrogens is 212 g/mol. The Bertz CT molecular complexity index is 324. The highest BCUT2D eigenvalue weighted by atomic mass is 16.3. The Labute approximate surface area is 104 Å². The van der Waals surface area contributed by atoms with E-state index in [0.29, 0.717) is 0 Å². The monoisotopic (exact) mass is 236 g/mol. The Morgan fingerprint density at radius 1 is 1.35 bits per heavy atom. The van der Waals surface area contributed by atoms with Gasteiger partial charge in [-0.15, -0.1) is 0 Å². The number of aryl methyl sites for hydroxylation is 1. The molecule has 96 valence electrons. The van der Waals surface area contributed by atoms with Gasteiger partial charge >= 0.3 is 0 Å². The van der Waals surface area contributed by atoms with Gasteiger partial charge in [-0.2, -0.15) is 0 Å². The molecule has 0 amide bonds. The fourth-order valence-corrected chi connectivity index (χ4v) is 2.01. The van der Waals surface area contributed by atoms with E-state index >= 15 is 0 Å². The minimum atomic E-state index is 0.188. The summed E-state index contributed by atoms with van der Waals surface area (Å²) < 4.78 is 0. The van der Waals surface area contributed by atoms with Crippen molar-refractivity contribution in [2.75, 3.05) is 31.6 Å². The second kappa shape index (κ2) is 7.30. The van der Waals surface area contributed by atoms with Crippen molar-refractivity contribution in [3.8, 4) is 0 Å². The molecule has 0 aromatic heterocycles. The van der Waals surface area contributed by atoms with Gasteiger partial charge in [0.1, 0.15) is 0 Å². The molecule has 0 saturated carbocycles. The van der Waals surface area contributed by atoms with Crippen molar-refractivity contribution >= 4 is 5.69 Å². The van der Waals surface area contributed by atoms with Crippen LogP contribution in [0.25, 0.3) is 0 Å². The third-order valence-corrected chi connectivity index (χ3v) is 3.21. The minimum Gasteiger partial charge on any atom is -0.395 e. The van der Waals surface area contributed by atoms with Gasteiger partial charge in [-0.3, -0.25) is 0 Å². The first-order chi connectivity index (χ1) is 8.22. The molecule has 0 heterocycles. The maximum Gasteiger partial charge on any atom is 0.0585 e. The average molecular weight is 236 g/mol. The summed E-state index contributed by atoms with van der Waals surface area (Å²) in [5.74, 6) is 0. The number of anilines is 1. The number of aliphatic hydroxyl groups is 1. The second-order valence-corrected chi connectivity index (χ2v) is 4.32. The maximum absolute atomic E-state index is 9.16. The molecule has 1 aromatic rings. The predicted molar refractivity (Wildman–Crippen MR) is 73.6 cm³/mol. The number of likely N-dealkylation sites (N-methyl/N-ethyl adjacent to an activating group) is 1. The molecule has 0 radical (unpaired) electrons. The van der Waals surface area contributed by atoms with Crippen LogP contribution < -0.4 is 10.2 Å². The Morgan fingerprint density at radius 2 is 2.06 bits per heavy atom. The van der Waals surface area contributed by atoms with Crippen LogP contribution in [0, 0.1) is 6.92 Å². The molecule has 3 nitrogen and oxygen atoms in total. The molecule has 0 aliphatic heterocycles. The summed E-state index contributed by atoms with van der Waals surface area (Å²) in [5.41, 5.74) is 2.60. The van der Waals surface area contributed by atoms with E-state index in [1.165, 1.54) is 11.3 Å². The van der Waals surface area contributed by atoms with Crippen molar-refractivity contribution < 1.29 is 5.11 Å². The first kappa shape index (κ1) is 14.0. The molecule has 0 aliphatic rings. The van der Waals surface area contributed by atoms with Gasteiger partial charge in [0.05, 0.1) is 6.61 Å². The average Bonchev–Trinajstić information content (AvgIpc) is 2.36. The fraction of sp³-hybridized carbons (Fsp3) is 0.571. The summed E-state index contributed by atoms with van der Waals surface area (Å²) in [6.07, 6.45) is 0.954. The Kier molecular flexibility index (Phi) is 6.01. The van der Waals surface area contributed by atoms with Gasteiger partial charge in [-0.25, -0.2) is 0 Å². The molecule has 0 saturated heterocycles. The number of hydrogen-bond donors (Lipinski definition) is 2. The summed E-state index contributed by atoms with van der Waals surface area (Å²) in [5, 5.41) is 12.3. The summed E-state index contributed by atoms with van der Waals surface area (Å²) in [6.45, 7) is 6.46. The summed E-state index contributed by atoms with van der Waals surface area (Å²) in [7, 11) is 1.89. The number of nitrogens with one attached hydrogen (secondary N) is 1. The van der Waals surface area contributed by atoms with Crippen molar-refractivity contribution in [1.82, 2.24) is 5.32 Å². The van der Waals surface area contributed by atoms with E-state index in [-0.39, 0.29) is 12.6 Å². The molecular formula is C14H24N2O. The van der Waals surface area contributed by atoms with E-state index in [2.05, 4.69) is 48.3 Å². The Hall–Kier alpha value is -1.06. The molecule has 1 aromatic carbocycles. The lowest BCUT2D eigenvalue weighted by Crippen LogP contribution is -2.35. The lowest BCUT2D eigenvalue weighted by atomic mass is 10.1. The van der Waals surface area contributed by atoms with Gasteiger partial charge in [0, 0.05) is 24.8 Å². The highest BCUT2D eigenvalue weighted by molar-refractivity contribution is 5.52. The van der Waals surface area contributed by atoms with E-state index < -0.39 is 0 Å². The largest absolute Gasteiger partial charge is 0.395 e. The molecule has 1 rings (SSSR count). The van der Waals surface area contributed by atoms with E-state index in [9.17, 15) is 0 Å². The predicted octanol–water partition coefficient (Wildman–Crippen LogP) is 1.79. The van der Waals surface area contributed by atoms with Crippen molar-refractivity contribution in [2.24, 2.45) is 0 Å². The number of rotatable bonds is 7. The number of hydrogen-bond acceptors (Lipinski definition) is 3. The van der Waals surface area contributed by atoms with Crippen LogP contribution in [0.3, 0.4) is 0 Å². The van der Waals surface area contributed by atoms with Crippen molar-refractivity contribution in [2.45, 2.75) is 26.3 Å². The molecule has 1 atom stereocenters. The minimum absolute atomic E-state index is 0.188. The summed E-state index contributed by atoms with van der Waals surface area (Å²) in [6, 6.07) is 8.63. The van der Waals surface area contributed by atoms with Crippen LogP contribution in [0.2, 0.25) is 0 Å². The quantitative estimate of drug-likeness (QED) is 0.757. The van der Waals surface area contributed by atoms with Gasteiger partial charge in [-0.1, -0.05) is 18.2 Å². The van der Waals surface area contributed by atoms with Crippen molar-refractivity contribution in [3.63, 3.8) is 0 Å². The number of nitrogens with zero attached hydrogens (tertiary/aromatic N) is 1. The standard InChI is InChI=1S/C14H24N2O/c1-4-16(10-9-13(11-17)15-3)14-8-6-5-7-12(14)2/h5-8,13,15,17H,4,9-11H2,1-3H3. The van der Waals surface area contributed by atoms with Crippen molar-refractivity contribution in [3.05, 3.63) is 29.8 Å². The zero-order valence-corrected chi connectivity index (χ0v) is 11.1. The third kappa shape index (κ3) is 4.02. The smallest absolute Gasteiger partial charge is 0.0585 e. The maximum atomic E-state index is 9.16. The van der Waals surface area contributed by atoms with Gasteiger partial charge < -0.3 is 15.3 Å². The van der Waals surface area contributed by atoms with Crippen LogP contribution in [-0.2, 0) is 0 Å². The van der Waals surface area contributed by atoms with E-state index in [1.807, 2.05) is 7.05 Å². The Morgan fingerprint density at radius 3 is 2.59 bits per heavy atom. The highest BCUT2D eigenvalue weighted by Crippen LogP contribution is 2.19. The highest BCUT2D eigenvalue weighted by Gasteiger charge is 2.10. The van der Waals surface area contributed by atoms with Crippen LogP contribution in [0.4, 0.5) is 5.69 Å². The molecule has 3 heteroatoms. The van der Waals surface area contributed by atoms with Crippen LogP contribution in [0.15, 0.2) is 24.3 Å². The second-order valence-electron chi connectivity index (χ2n) is 4.32. The molecule has 0 aliphatic carbocycles. The lowest BCUT2D eigenvalue weighted by Gasteiger charge is -2.26. The third-order valence-electron chi connectivity index (χ3n) is 3.21. The number of benzene rings is 1. The van der Waals surface area contributed by atoms with Crippen LogP contribution >= 0.6 is 0 Å². The zero-order valence-electron chi connectivity index (χ0n) is 11.1. The van der Waals surface area contributed by atoms with E-state index in [0.717, 1.165) is 19.5 Å². The van der Waals surface area contributed by atoms with E-state index in [4.69, 9.17) is 5.11 Å². The van der Waals surface area contributed by atoms with Crippen LogP contribution in [0.1, 0.15) is 18.9 Å². The molecule has 0 bridgehead atoms. The van der Waals surface area contributed by atoms with Crippen molar-refractivity contribution in [1.29, 1.82) is 0 Å². The van der Waals surface area contributed by atoms with Gasteiger partial charge in [0.15, 0.2) is 0 Å². The topological polar surface area (TPSA) is 35.5 Å². The van der Waals surface area contributed by atoms with Crippen LogP contribution in [-0.4, -0.2) is 37.9 Å². The Balaban J connectivity index is 2.63. The number of aliphatic hydroxyl groups excluding tert-OH is 1. The van der Waals surface area contributed by atoms with Gasteiger partial charge in [0.2, 0.25) is 0 Å². The van der Waals surface area contributed by atoms with Gasteiger partial charge in [0.25, 0.3) is 0 Å². The van der Waals surface area contributed by atoms with Gasteiger partial charge in [-0.05, 0) is 38.9 Å². The van der Waals surface area contributed by atoms with Crippen LogP contribution in [0.5, 0.6) is 0 Å². The first-order valence-corrected chi connectivity index (χ1v) is 6.31. The molecule has 0 fully saturated rings. The lowest BCUT2D eigenvalue weighted by molar-refractivity contribution is 0.243. The zero-order chi connectivity index (χ0) is 12.7. The molecule has 17 heavy (non-hydrogen) atoms.